The molecule has 0 spiro atoms. The fraction of sp³-hybridized carbons (Fsp3) is 0.412. The number of aryl methyl sites for hydroxylation is 1. The summed E-state index contributed by atoms with van der Waals surface area (Å²) in [4.78, 5) is 24.0. The summed E-state index contributed by atoms with van der Waals surface area (Å²) in [7, 11) is 3.22. The van der Waals surface area contributed by atoms with Gasteiger partial charge in [-0.15, -0.1) is 0 Å². The first-order valence-electron chi connectivity index (χ1n) is 7.79. The predicted octanol–water partition coefficient (Wildman–Crippen LogP) is 1.99. The molecule has 6 heteroatoms. The lowest BCUT2D eigenvalue weighted by molar-refractivity contribution is 0.0895. The van der Waals surface area contributed by atoms with Crippen molar-refractivity contribution in [3.8, 4) is 5.75 Å². The molecule has 2 aromatic rings. The highest BCUT2D eigenvalue weighted by Crippen LogP contribution is 2.38. The van der Waals surface area contributed by atoms with Crippen LogP contribution < -0.4 is 15.6 Å². The van der Waals surface area contributed by atoms with Crippen LogP contribution in [-0.2, 0) is 7.05 Å². The molecular weight excluding hydrogens is 294 g/mol. The molecule has 0 bridgehead atoms. The second kappa shape index (κ2) is 6.32. The molecule has 1 unspecified atom stereocenters. The van der Waals surface area contributed by atoms with Crippen LogP contribution in [0.5, 0.6) is 5.75 Å². The Morgan fingerprint density at radius 2 is 2.04 bits per heavy atom. The van der Waals surface area contributed by atoms with E-state index >= 15 is 0 Å². The van der Waals surface area contributed by atoms with Crippen LogP contribution in [0.4, 0.5) is 0 Å². The summed E-state index contributed by atoms with van der Waals surface area (Å²) in [5.41, 5.74) is 1.12. The van der Waals surface area contributed by atoms with Gasteiger partial charge in [-0.25, -0.2) is 0 Å². The van der Waals surface area contributed by atoms with Gasteiger partial charge in [-0.05, 0) is 36.5 Å². The lowest BCUT2D eigenvalue weighted by Gasteiger charge is -2.34. The van der Waals surface area contributed by atoms with Crippen LogP contribution in [0.25, 0.3) is 0 Å². The lowest BCUT2D eigenvalue weighted by atomic mass is 9.77. The fourth-order valence-electron chi connectivity index (χ4n) is 2.88. The molecule has 3 rings (SSSR count). The molecule has 0 radical (unpaired) electrons. The van der Waals surface area contributed by atoms with Crippen molar-refractivity contribution >= 4 is 5.91 Å². The minimum absolute atomic E-state index is 0.0501. The SMILES string of the molecule is COc1ccc(C(NC(=O)c2cc(=O)n(C)[nH]2)C2CCC2)cc1. The van der Waals surface area contributed by atoms with Gasteiger partial charge in [-0.3, -0.25) is 19.4 Å². The number of methoxy groups -OCH3 is 1. The Kier molecular flexibility index (Phi) is 4.23. The van der Waals surface area contributed by atoms with E-state index in [1.54, 1.807) is 14.2 Å². The normalized spacial score (nSPS) is 15.7. The number of carbonyl (C=O) groups is 1. The summed E-state index contributed by atoms with van der Waals surface area (Å²) >= 11 is 0. The van der Waals surface area contributed by atoms with Crippen LogP contribution in [0.1, 0.15) is 41.4 Å². The van der Waals surface area contributed by atoms with E-state index in [1.807, 2.05) is 24.3 Å². The van der Waals surface area contributed by atoms with Crippen LogP contribution in [-0.4, -0.2) is 22.8 Å². The fourth-order valence-corrected chi connectivity index (χ4v) is 2.88. The lowest BCUT2D eigenvalue weighted by Crippen LogP contribution is -2.36. The smallest absolute Gasteiger partial charge is 0.269 e. The highest BCUT2D eigenvalue weighted by molar-refractivity contribution is 5.92. The Morgan fingerprint density at radius 1 is 1.35 bits per heavy atom. The number of amides is 1. The number of aromatic nitrogens is 2. The average Bonchev–Trinajstić information content (AvgIpc) is 2.84. The maximum atomic E-state index is 12.4. The Morgan fingerprint density at radius 3 is 2.52 bits per heavy atom. The zero-order valence-corrected chi connectivity index (χ0v) is 13.3. The van der Waals surface area contributed by atoms with Crippen LogP contribution >= 0.6 is 0 Å². The Hall–Kier alpha value is -2.50. The van der Waals surface area contributed by atoms with E-state index < -0.39 is 0 Å². The van der Waals surface area contributed by atoms with Gasteiger partial charge in [0.15, 0.2) is 0 Å². The molecule has 1 fully saturated rings. The molecule has 1 heterocycles. The van der Waals surface area contributed by atoms with Gasteiger partial charge in [-0.2, -0.15) is 0 Å². The van der Waals surface area contributed by atoms with Crippen LogP contribution in [0.2, 0.25) is 0 Å². The van der Waals surface area contributed by atoms with Gasteiger partial charge in [0.1, 0.15) is 11.4 Å². The van der Waals surface area contributed by atoms with Crippen molar-refractivity contribution in [2.45, 2.75) is 25.3 Å². The maximum absolute atomic E-state index is 12.4. The number of nitrogens with one attached hydrogen (secondary N) is 2. The molecule has 1 amide bonds. The van der Waals surface area contributed by atoms with Crippen LogP contribution in [0.3, 0.4) is 0 Å². The van der Waals surface area contributed by atoms with E-state index in [0.717, 1.165) is 24.2 Å². The van der Waals surface area contributed by atoms with Gasteiger partial charge >= 0.3 is 0 Å². The Labute approximate surface area is 134 Å². The summed E-state index contributed by atoms with van der Waals surface area (Å²) < 4.78 is 6.48. The van der Waals surface area contributed by atoms with E-state index in [0.29, 0.717) is 5.92 Å². The van der Waals surface area contributed by atoms with Crippen molar-refractivity contribution in [1.82, 2.24) is 15.1 Å². The molecule has 0 saturated heterocycles. The van der Waals surface area contributed by atoms with Crippen molar-refractivity contribution in [3.05, 3.63) is 51.9 Å². The molecule has 1 aliphatic rings. The molecule has 1 aliphatic carbocycles. The molecule has 1 saturated carbocycles. The van der Waals surface area contributed by atoms with E-state index in [9.17, 15) is 9.59 Å². The number of hydrogen-bond acceptors (Lipinski definition) is 3. The number of aromatic amines is 1. The third kappa shape index (κ3) is 3.16. The van der Waals surface area contributed by atoms with E-state index in [2.05, 4.69) is 10.4 Å². The van der Waals surface area contributed by atoms with Gasteiger partial charge < -0.3 is 10.1 Å². The number of benzene rings is 1. The largest absolute Gasteiger partial charge is 0.497 e. The quantitative estimate of drug-likeness (QED) is 0.886. The van der Waals surface area contributed by atoms with Crippen molar-refractivity contribution in [2.75, 3.05) is 7.11 Å². The van der Waals surface area contributed by atoms with Gasteiger partial charge in [-0.1, -0.05) is 18.6 Å². The number of ether oxygens (including phenoxy) is 1. The molecular formula is C17H21N3O3. The number of nitrogens with zero attached hydrogens (tertiary/aromatic N) is 1. The van der Waals surface area contributed by atoms with Crippen molar-refractivity contribution in [3.63, 3.8) is 0 Å². The van der Waals surface area contributed by atoms with E-state index in [1.165, 1.54) is 17.2 Å². The summed E-state index contributed by atoms with van der Waals surface area (Å²) in [5.74, 6) is 0.970. The second-order valence-electron chi connectivity index (χ2n) is 5.98. The molecule has 6 nitrogen and oxygen atoms in total. The monoisotopic (exact) mass is 315 g/mol. The molecule has 1 aromatic carbocycles. The average molecular weight is 315 g/mol. The first kappa shape index (κ1) is 15.4. The summed E-state index contributed by atoms with van der Waals surface area (Å²) in [6.07, 6.45) is 3.39. The molecule has 23 heavy (non-hydrogen) atoms. The van der Waals surface area contributed by atoms with E-state index in [4.69, 9.17) is 4.74 Å². The Bertz CT molecular complexity index is 741. The number of carbonyl (C=O) groups excluding carboxylic acids is 1. The summed E-state index contributed by atoms with van der Waals surface area (Å²) in [6.45, 7) is 0. The minimum Gasteiger partial charge on any atom is -0.497 e. The number of rotatable bonds is 5. The predicted molar refractivity (Wildman–Crippen MR) is 86.6 cm³/mol. The van der Waals surface area contributed by atoms with Crippen molar-refractivity contribution < 1.29 is 9.53 Å². The third-order valence-electron chi connectivity index (χ3n) is 4.51. The van der Waals surface area contributed by atoms with Gasteiger partial charge in [0.05, 0.1) is 13.2 Å². The molecule has 2 N–H and O–H groups in total. The van der Waals surface area contributed by atoms with Crippen LogP contribution in [0.15, 0.2) is 35.1 Å². The molecule has 122 valence electrons. The summed E-state index contributed by atoms with van der Waals surface area (Å²) in [5, 5.41) is 5.83. The highest BCUT2D eigenvalue weighted by atomic mass is 16.5. The van der Waals surface area contributed by atoms with E-state index in [-0.39, 0.29) is 23.2 Å². The first-order chi connectivity index (χ1) is 11.1. The zero-order valence-electron chi connectivity index (χ0n) is 13.3. The van der Waals surface area contributed by atoms with Gasteiger partial charge in [0.25, 0.3) is 11.5 Å². The second-order valence-corrected chi connectivity index (χ2v) is 5.98. The van der Waals surface area contributed by atoms with Gasteiger partial charge in [0, 0.05) is 13.1 Å². The third-order valence-corrected chi connectivity index (χ3v) is 4.51. The number of H-pyrrole nitrogens is 1. The molecule has 1 aromatic heterocycles. The Balaban J connectivity index is 1.81. The van der Waals surface area contributed by atoms with Crippen LogP contribution in [0, 0.1) is 5.92 Å². The molecule has 0 aliphatic heterocycles. The standard InChI is InChI=1S/C17H21N3O3/c1-20-15(21)10-14(19-20)17(22)18-16(11-4-3-5-11)12-6-8-13(23-2)9-7-12/h6-11,16,19H,3-5H2,1-2H3,(H,18,22). The summed E-state index contributed by atoms with van der Waals surface area (Å²) in [6, 6.07) is 9.04. The number of hydrogen-bond donors (Lipinski definition) is 2. The topological polar surface area (TPSA) is 76.1 Å². The van der Waals surface area contributed by atoms with Crippen molar-refractivity contribution in [1.29, 1.82) is 0 Å². The van der Waals surface area contributed by atoms with Crippen molar-refractivity contribution in [2.24, 2.45) is 13.0 Å². The first-order valence-corrected chi connectivity index (χ1v) is 7.79. The minimum atomic E-state index is -0.254. The highest BCUT2D eigenvalue weighted by Gasteiger charge is 2.30. The maximum Gasteiger partial charge on any atom is 0.269 e. The zero-order chi connectivity index (χ0) is 16.4. The molecule has 1 atom stereocenters. The van der Waals surface area contributed by atoms with Gasteiger partial charge in [0.2, 0.25) is 0 Å².